The molecule has 0 saturated carbocycles. The van der Waals surface area contributed by atoms with Crippen LogP contribution in [0.3, 0.4) is 0 Å². The molecule has 1 heterocycles. The van der Waals surface area contributed by atoms with E-state index in [4.69, 9.17) is 5.73 Å². The molecule has 0 unspecified atom stereocenters. The maximum absolute atomic E-state index is 13.1. The third kappa shape index (κ3) is 5.32. The van der Waals surface area contributed by atoms with Crippen LogP contribution in [0.1, 0.15) is 0 Å². The van der Waals surface area contributed by atoms with Gasteiger partial charge >= 0.3 is 24.1 Å². The number of halogens is 7. The van der Waals surface area contributed by atoms with E-state index in [1.54, 1.807) is 5.32 Å². The lowest BCUT2D eigenvalue weighted by Gasteiger charge is -2.27. The van der Waals surface area contributed by atoms with Crippen LogP contribution in [0.25, 0.3) is 0 Å². The highest BCUT2D eigenvalue weighted by Crippen LogP contribution is 2.46. The second-order valence-corrected chi connectivity index (χ2v) is 4.68. The third-order valence-corrected chi connectivity index (χ3v) is 2.65. The van der Waals surface area contributed by atoms with Gasteiger partial charge in [-0.3, -0.25) is 10.1 Å². The highest BCUT2D eigenvalue weighted by Gasteiger charge is 2.73. The van der Waals surface area contributed by atoms with E-state index < -0.39 is 60.7 Å². The van der Waals surface area contributed by atoms with Gasteiger partial charge in [0.25, 0.3) is 5.88 Å². The van der Waals surface area contributed by atoms with Crippen LogP contribution in [0.15, 0.2) is 12.1 Å². The molecule has 8 nitrogen and oxygen atoms in total. The van der Waals surface area contributed by atoms with Gasteiger partial charge in [-0.05, 0) is 6.07 Å². The zero-order chi connectivity index (χ0) is 21.0. The van der Waals surface area contributed by atoms with Crippen molar-refractivity contribution in [1.82, 2.24) is 10.3 Å². The third-order valence-electron chi connectivity index (χ3n) is 2.65. The molecule has 0 fully saturated rings. The van der Waals surface area contributed by atoms with Gasteiger partial charge in [0.1, 0.15) is 0 Å². The number of aromatic hydroxyl groups is 1. The van der Waals surface area contributed by atoms with Crippen molar-refractivity contribution in [3.8, 4) is 17.5 Å². The summed E-state index contributed by atoms with van der Waals surface area (Å²) in [5.41, 5.74) is 4.90. The highest BCUT2D eigenvalue weighted by molar-refractivity contribution is 5.93. The Morgan fingerprint density at radius 1 is 1.15 bits per heavy atom. The molecular weight excluding hydrogens is 399 g/mol. The van der Waals surface area contributed by atoms with Crippen LogP contribution in [-0.2, 0) is 4.79 Å². The topological polar surface area (TPSA) is 124 Å². The fourth-order valence-electron chi connectivity index (χ4n) is 1.31. The number of nitrogens with two attached hydrogens (primary N) is 1. The molecule has 0 aliphatic carbocycles. The summed E-state index contributed by atoms with van der Waals surface area (Å²) in [5.74, 6) is -15.9. The van der Waals surface area contributed by atoms with E-state index in [0.29, 0.717) is 12.1 Å². The lowest BCUT2D eigenvalue weighted by atomic mass is 10.2. The van der Waals surface area contributed by atoms with E-state index in [2.05, 4.69) is 14.5 Å². The molecule has 0 aliphatic heterocycles. The zero-order valence-electron chi connectivity index (χ0n) is 12.8. The van der Waals surface area contributed by atoms with Crippen LogP contribution < -0.4 is 20.5 Å². The fraction of sp³-hybridized carbons (Fsp3) is 0.417. The Balaban J connectivity index is 2.88. The van der Waals surface area contributed by atoms with Crippen molar-refractivity contribution in [3.63, 3.8) is 0 Å². The predicted octanol–water partition coefficient (Wildman–Crippen LogP) is 1.57. The first kappa shape index (κ1) is 22.2. The standard InChI is InChI=1S/C12H10F7N3O5/c13-10(14,11(15,16)12(17,18)19)4-26-7-2-1-5(23)8(22-7)27-9(25)21-6(24)3-20/h1-2,23H,3-4,20H2,(H,21,24,25). The molecule has 4 N–H and O–H groups in total. The number of aromatic nitrogens is 1. The van der Waals surface area contributed by atoms with E-state index in [9.17, 15) is 45.4 Å². The van der Waals surface area contributed by atoms with Gasteiger partial charge in [0.05, 0.1) is 6.54 Å². The molecule has 0 atom stereocenters. The van der Waals surface area contributed by atoms with E-state index in [0.717, 1.165) is 0 Å². The Hall–Kier alpha value is -2.84. The van der Waals surface area contributed by atoms with E-state index >= 15 is 0 Å². The Bertz CT molecular complexity index is 711. The van der Waals surface area contributed by atoms with Crippen molar-refractivity contribution in [2.24, 2.45) is 5.73 Å². The smallest absolute Gasteiger partial charge is 0.460 e. The summed E-state index contributed by atoms with van der Waals surface area (Å²) in [5, 5.41) is 10.9. The summed E-state index contributed by atoms with van der Waals surface area (Å²) in [6.07, 6.45) is -8.04. The first-order valence-electron chi connectivity index (χ1n) is 6.58. The van der Waals surface area contributed by atoms with Crippen molar-refractivity contribution in [2.75, 3.05) is 13.2 Å². The molecule has 1 aromatic rings. The summed E-state index contributed by atoms with van der Waals surface area (Å²) in [4.78, 5) is 25.3. The Morgan fingerprint density at radius 2 is 1.74 bits per heavy atom. The maximum Gasteiger partial charge on any atom is 0.460 e. The number of hydrogen-bond donors (Lipinski definition) is 3. The van der Waals surface area contributed by atoms with Crippen LogP contribution in [0.4, 0.5) is 35.5 Å². The molecule has 15 heteroatoms. The number of carbonyl (C=O) groups excluding carboxylic acids is 2. The Labute approximate surface area is 145 Å². The van der Waals surface area contributed by atoms with Crippen LogP contribution in [0.5, 0.6) is 17.5 Å². The molecule has 2 amide bonds. The molecule has 0 radical (unpaired) electrons. The minimum absolute atomic E-state index is 0.611. The van der Waals surface area contributed by atoms with Crippen molar-refractivity contribution in [2.45, 2.75) is 18.0 Å². The number of hydrogen-bond acceptors (Lipinski definition) is 7. The number of rotatable bonds is 6. The summed E-state index contributed by atoms with van der Waals surface area (Å²) in [6, 6.07) is 1.27. The number of nitrogens with one attached hydrogen (secondary N) is 1. The predicted molar refractivity (Wildman–Crippen MR) is 70.6 cm³/mol. The number of imide groups is 1. The van der Waals surface area contributed by atoms with Gasteiger partial charge in [0, 0.05) is 6.07 Å². The van der Waals surface area contributed by atoms with Gasteiger partial charge in [-0.15, -0.1) is 0 Å². The minimum Gasteiger partial charge on any atom is -0.503 e. The number of nitrogens with zero attached hydrogens (tertiary/aromatic N) is 1. The first-order chi connectivity index (χ1) is 12.2. The van der Waals surface area contributed by atoms with Crippen molar-refractivity contribution in [1.29, 1.82) is 0 Å². The lowest BCUT2D eigenvalue weighted by molar-refractivity contribution is -0.358. The molecule has 0 aromatic carbocycles. The molecule has 0 aliphatic rings. The van der Waals surface area contributed by atoms with Gasteiger partial charge < -0.3 is 20.3 Å². The number of pyridine rings is 1. The van der Waals surface area contributed by atoms with Crippen molar-refractivity contribution >= 4 is 12.0 Å². The minimum atomic E-state index is -6.54. The Kier molecular flexibility index (Phi) is 6.42. The fourth-order valence-corrected chi connectivity index (χ4v) is 1.31. The van der Waals surface area contributed by atoms with Crippen LogP contribution in [-0.4, -0.2) is 53.3 Å². The van der Waals surface area contributed by atoms with E-state index in [-0.39, 0.29) is 0 Å². The van der Waals surface area contributed by atoms with Crippen LogP contribution >= 0.6 is 0 Å². The van der Waals surface area contributed by atoms with Crippen LogP contribution in [0.2, 0.25) is 0 Å². The van der Waals surface area contributed by atoms with E-state index in [1.165, 1.54) is 0 Å². The molecule has 27 heavy (non-hydrogen) atoms. The number of amides is 2. The molecule has 0 spiro atoms. The van der Waals surface area contributed by atoms with Crippen molar-refractivity contribution in [3.05, 3.63) is 12.1 Å². The summed E-state index contributed by atoms with van der Waals surface area (Å²) >= 11 is 0. The second-order valence-electron chi connectivity index (χ2n) is 4.68. The summed E-state index contributed by atoms with van der Waals surface area (Å²) in [7, 11) is 0. The molecule has 0 saturated heterocycles. The average molecular weight is 409 g/mol. The van der Waals surface area contributed by atoms with E-state index in [1.807, 2.05) is 0 Å². The average Bonchev–Trinajstić information content (AvgIpc) is 2.54. The molecule has 0 bridgehead atoms. The quantitative estimate of drug-likeness (QED) is 0.610. The largest absolute Gasteiger partial charge is 0.503 e. The van der Waals surface area contributed by atoms with Gasteiger partial charge in [-0.1, -0.05) is 0 Å². The molecular formula is C12H10F7N3O5. The Morgan fingerprint density at radius 3 is 2.26 bits per heavy atom. The highest BCUT2D eigenvalue weighted by atomic mass is 19.4. The maximum atomic E-state index is 13.1. The van der Waals surface area contributed by atoms with Crippen LogP contribution in [0, 0.1) is 0 Å². The van der Waals surface area contributed by atoms with Crippen molar-refractivity contribution < 1.29 is 54.9 Å². The molecule has 1 rings (SSSR count). The molecule has 1 aromatic heterocycles. The van der Waals surface area contributed by atoms with Gasteiger partial charge in [0.15, 0.2) is 12.4 Å². The SMILES string of the molecule is NCC(=O)NC(=O)Oc1nc(OCC(F)(F)C(F)(F)C(F)(F)F)ccc1O. The summed E-state index contributed by atoms with van der Waals surface area (Å²) in [6.45, 7) is -3.05. The second kappa shape index (κ2) is 7.81. The van der Waals surface area contributed by atoms with Gasteiger partial charge in [0.2, 0.25) is 11.8 Å². The number of ether oxygens (including phenoxy) is 2. The molecule has 152 valence electrons. The van der Waals surface area contributed by atoms with Gasteiger partial charge in [-0.25, -0.2) is 4.79 Å². The summed E-state index contributed by atoms with van der Waals surface area (Å²) < 4.78 is 96.2. The number of carbonyl (C=O) groups is 2. The first-order valence-corrected chi connectivity index (χ1v) is 6.58. The number of alkyl halides is 7. The lowest BCUT2D eigenvalue weighted by Crippen LogP contribution is -2.54. The zero-order valence-corrected chi connectivity index (χ0v) is 12.8. The van der Waals surface area contributed by atoms with Gasteiger partial charge in [-0.2, -0.15) is 35.7 Å². The normalized spacial score (nSPS) is 12.4. The monoisotopic (exact) mass is 409 g/mol.